The highest BCUT2D eigenvalue weighted by molar-refractivity contribution is 7.89. The van der Waals surface area contributed by atoms with Crippen LogP contribution in [0.4, 0.5) is 0 Å². The third kappa shape index (κ3) is 3.01. The van der Waals surface area contributed by atoms with Crippen LogP contribution < -0.4 is 4.72 Å². The van der Waals surface area contributed by atoms with Gasteiger partial charge in [-0.15, -0.1) is 10.2 Å². The smallest absolute Gasteiger partial charge is 0.211 e. The van der Waals surface area contributed by atoms with Gasteiger partial charge in [-0.1, -0.05) is 23.5 Å². The number of rotatable bonds is 5. The molecule has 0 amide bonds. The van der Waals surface area contributed by atoms with Crippen molar-refractivity contribution in [2.75, 3.05) is 6.54 Å². The molecule has 0 aliphatic rings. The van der Waals surface area contributed by atoms with Crippen LogP contribution in [-0.2, 0) is 16.4 Å². The largest absolute Gasteiger partial charge is 0.240 e. The van der Waals surface area contributed by atoms with Gasteiger partial charge in [0.2, 0.25) is 15.0 Å². The maximum atomic E-state index is 12.2. The number of hydrogen-bond donors (Lipinski definition) is 1. The van der Waals surface area contributed by atoms with Crippen LogP contribution in [0.25, 0.3) is 4.96 Å². The SMILES string of the molecule is Cc1cccc(S(=O)(=O)NCCc2nn3c(C)nnc3s2)c1. The highest BCUT2D eigenvalue weighted by atomic mass is 32.2. The summed E-state index contributed by atoms with van der Waals surface area (Å²) in [4.78, 5) is 0.996. The van der Waals surface area contributed by atoms with Crippen LogP contribution in [0, 0.1) is 13.8 Å². The highest BCUT2D eigenvalue weighted by Gasteiger charge is 2.14. The number of nitrogens with zero attached hydrogens (tertiary/aromatic N) is 4. The Kier molecular flexibility index (Phi) is 3.94. The van der Waals surface area contributed by atoms with Crippen LogP contribution in [0.5, 0.6) is 0 Å². The van der Waals surface area contributed by atoms with E-state index < -0.39 is 10.0 Å². The fraction of sp³-hybridized carbons (Fsp3) is 0.308. The normalized spacial score (nSPS) is 12.1. The average Bonchev–Trinajstić information content (AvgIpc) is 3.01. The summed E-state index contributed by atoms with van der Waals surface area (Å²) >= 11 is 1.41. The second kappa shape index (κ2) is 5.75. The summed E-state index contributed by atoms with van der Waals surface area (Å²) in [6.45, 7) is 3.98. The van der Waals surface area contributed by atoms with Crippen LogP contribution >= 0.6 is 11.3 Å². The average molecular weight is 337 g/mol. The zero-order chi connectivity index (χ0) is 15.7. The lowest BCUT2D eigenvalue weighted by Crippen LogP contribution is -2.26. The van der Waals surface area contributed by atoms with Gasteiger partial charge in [-0.2, -0.15) is 9.61 Å². The molecule has 7 nitrogen and oxygen atoms in total. The Morgan fingerprint density at radius 1 is 1.27 bits per heavy atom. The van der Waals surface area contributed by atoms with Crippen molar-refractivity contribution in [1.82, 2.24) is 24.5 Å². The molecule has 0 fully saturated rings. The maximum Gasteiger partial charge on any atom is 0.240 e. The van der Waals surface area contributed by atoms with E-state index >= 15 is 0 Å². The minimum Gasteiger partial charge on any atom is -0.211 e. The number of fused-ring (bicyclic) bond motifs is 1. The van der Waals surface area contributed by atoms with Gasteiger partial charge in [0.25, 0.3) is 0 Å². The van der Waals surface area contributed by atoms with E-state index in [2.05, 4.69) is 20.0 Å². The van der Waals surface area contributed by atoms with Crippen LogP contribution in [0.15, 0.2) is 29.2 Å². The molecule has 9 heteroatoms. The minimum absolute atomic E-state index is 0.279. The fourth-order valence-electron chi connectivity index (χ4n) is 2.01. The summed E-state index contributed by atoms with van der Waals surface area (Å²) in [6.07, 6.45) is 0.512. The second-order valence-electron chi connectivity index (χ2n) is 4.90. The molecule has 3 aromatic rings. The molecular formula is C13H15N5O2S2. The Labute approximate surface area is 132 Å². The van der Waals surface area contributed by atoms with E-state index in [0.717, 1.165) is 16.4 Å². The molecular weight excluding hydrogens is 322 g/mol. The predicted octanol–water partition coefficient (Wildman–Crippen LogP) is 1.32. The summed E-state index contributed by atoms with van der Waals surface area (Å²) in [6, 6.07) is 6.83. The second-order valence-corrected chi connectivity index (χ2v) is 7.71. The van der Waals surface area contributed by atoms with Crippen molar-refractivity contribution in [3.05, 3.63) is 40.7 Å². The molecule has 0 saturated carbocycles. The van der Waals surface area contributed by atoms with Crippen molar-refractivity contribution in [3.8, 4) is 0 Å². The van der Waals surface area contributed by atoms with Gasteiger partial charge in [0.15, 0.2) is 5.82 Å². The lowest BCUT2D eigenvalue weighted by Gasteiger charge is -2.06. The van der Waals surface area contributed by atoms with Crippen molar-refractivity contribution < 1.29 is 8.42 Å². The molecule has 116 valence electrons. The first-order valence-electron chi connectivity index (χ1n) is 6.70. The Morgan fingerprint density at radius 3 is 2.82 bits per heavy atom. The Hall–Kier alpha value is -1.84. The molecule has 0 radical (unpaired) electrons. The van der Waals surface area contributed by atoms with Gasteiger partial charge in [-0.25, -0.2) is 13.1 Å². The fourth-order valence-corrected chi connectivity index (χ4v) is 4.03. The number of sulfonamides is 1. The van der Waals surface area contributed by atoms with E-state index in [1.807, 2.05) is 19.9 Å². The molecule has 1 aromatic carbocycles. The van der Waals surface area contributed by atoms with Gasteiger partial charge in [-0.05, 0) is 31.5 Å². The zero-order valence-corrected chi connectivity index (χ0v) is 13.8. The van der Waals surface area contributed by atoms with Crippen LogP contribution in [0.1, 0.15) is 16.4 Å². The first-order valence-corrected chi connectivity index (χ1v) is 9.00. The quantitative estimate of drug-likeness (QED) is 0.758. The maximum absolute atomic E-state index is 12.2. The van der Waals surface area contributed by atoms with Gasteiger partial charge in [0.05, 0.1) is 4.90 Å². The topological polar surface area (TPSA) is 89.2 Å². The molecule has 2 aromatic heterocycles. The molecule has 2 heterocycles. The molecule has 0 aliphatic heterocycles. The number of nitrogens with one attached hydrogen (secondary N) is 1. The predicted molar refractivity (Wildman–Crippen MR) is 83.5 cm³/mol. The van der Waals surface area contributed by atoms with Crippen molar-refractivity contribution in [1.29, 1.82) is 0 Å². The standard InChI is InChI=1S/C13H15N5O2S2/c1-9-4-3-5-11(8-9)22(19,20)14-7-6-12-17-18-10(2)15-16-13(18)21-12/h3-5,8,14H,6-7H2,1-2H3. The summed E-state index contributed by atoms with van der Waals surface area (Å²) in [5.74, 6) is 0.720. The monoisotopic (exact) mass is 337 g/mol. The van der Waals surface area contributed by atoms with E-state index in [-0.39, 0.29) is 4.90 Å². The third-order valence-electron chi connectivity index (χ3n) is 3.12. The van der Waals surface area contributed by atoms with E-state index in [1.165, 1.54) is 11.3 Å². The molecule has 0 bridgehead atoms. The van der Waals surface area contributed by atoms with Gasteiger partial charge in [-0.3, -0.25) is 0 Å². The van der Waals surface area contributed by atoms with Crippen LogP contribution in [0.2, 0.25) is 0 Å². The first-order chi connectivity index (χ1) is 10.5. The Morgan fingerprint density at radius 2 is 2.09 bits per heavy atom. The summed E-state index contributed by atoms with van der Waals surface area (Å²) in [5, 5.41) is 13.1. The van der Waals surface area contributed by atoms with Crippen molar-refractivity contribution in [2.45, 2.75) is 25.2 Å². The molecule has 0 spiro atoms. The van der Waals surface area contributed by atoms with Crippen molar-refractivity contribution >= 4 is 26.3 Å². The van der Waals surface area contributed by atoms with Gasteiger partial charge in [0, 0.05) is 13.0 Å². The molecule has 22 heavy (non-hydrogen) atoms. The van der Waals surface area contributed by atoms with Crippen molar-refractivity contribution in [3.63, 3.8) is 0 Å². The number of hydrogen-bond acceptors (Lipinski definition) is 6. The van der Waals surface area contributed by atoms with Crippen LogP contribution in [-0.4, -0.2) is 34.8 Å². The van der Waals surface area contributed by atoms with Crippen LogP contribution in [0.3, 0.4) is 0 Å². The lowest BCUT2D eigenvalue weighted by atomic mass is 10.2. The van der Waals surface area contributed by atoms with E-state index in [9.17, 15) is 8.42 Å². The molecule has 3 rings (SSSR count). The number of benzene rings is 1. The first kappa shape index (κ1) is 15.1. The van der Waals surface area contributed by atoms with Gasteiger partial charge < -0.3 is 0 Å². The summed E-state index contributed by atoms with van der Waals surface area (Å²) in [5.41, 5.74) is 0.909. The zero-order valence-electron chi connectivity index (χ0n) is 12.1. The Bertz CT molecular complexity index is 914. The summed E-state index contributed by atoms with van der Waals surface area (Å²) in [7, 11) is -3.49. The number of aryl methyl sites for hydroxylation is 2. The lowest BCUT2D eigenvalue weighted by molar-refractivity contribution is 0.581. The third-order valence-corrected chi connectivity index (χ3v) is 5.54. The molecule has 0 aliphatic carbocycles. The van der Waals surface area contributed by atoms with Gasteiger partial charge in [0.1, 0.15) is 5.01 Å². The molecule has 1 N–H and O–H groups in total. The van der Waals surface area contributed by atoms with E-state index in [4.69, 9.17) is 0 Å². The van der Waals surface area contributed by atoms with Gasteiger partial charge >= 0.3 is 0 Å². The molecule has 0 unspecified atom stereocenters. The van der Waals surface area contributed by atoms with E-state index in [0.29, 0.717) is 17.9 Å². The van der Waals surface area contributed by atoms with Crippen molar-refractivity contribution in [2.24, 2.45) is 0 Å². The summed E-state index contributed by atoms with van der Waals surface area (Å²) < 4.78 is 28.6. The minimum atomic E-state index is -3.49. The molecule has 0 saturated heterocycles. The van der Waals surface area contributed by atoms with E-state index in [1.54, 1.807) is 22.7 Å². The number of aromatic nitrogens is 4. The molecule has 0 atom stereocenters. The highest BCUT2D eigenvalue weighted by Crippen LogP contribution is 2.14. The Balaban J connectivity index is 1.67.